The molecule has 0 aliphatic carbocycles. The summed E-state index contributed by atoms with van der Waals surface area (Å²) in [6, 6.07) is 10.3. The van der Waals surface area contributed by atoms with Crippen LogP contribution in [0.5, 0.6) is 5.75 Å². The predicted octanol–water partition coefficient (Wildman–Crippen LogP) is 3.41. The van der Waals surface area contributed by atoms with Crippen LogP contribution in [0.1, 0.15) is 30.6 Å². The molecule has 0 radical (unpaired) electrons. The molecule has 1 aliphatic heterocycles. The van der Waals surface area contributed by atoms with Crippen LogP contribution in [0.2, 0.25) is 0 Å². The topological polar surface area (TPSA) is 128 Å². The van der Waals surface area contributed by atoms with Crippen LogP contribution in [0, 0.1) is 22.0 Å². The molecular formula is C23H25N3O7. The zero-order valence-corrected chi connectivity index (χ0v) is 18.6. The standard InChI is InChI=1S/C23H25N3O7/c1-14(2)13-33-23(29)15-4-6-17(7-5-15)24-22(28)16-10-21(27)25(12-16)19-9-8-18(26(30)31)11-20(19)32-3/h4-9,11,14,16H,10,12-13H2,1-3H3,(H,24,28)/t16-/m0/s1. The summed E-state index contributed by atoms with van der Waals surface area (Å²) < 4.78 is 10.4. The van der Waals surface area contributed by atoms with Crippen molar-refractivity contribution in [1.82, 2.24) is 0 Å². The number of amides is 2. The van der Waals surface area contributed by atoms with Crippen LogP contribution in [0.15, 0.2) is 42.5 Å². The molecule has 1 saturated heterocycles. The molecule has 0 aromatic heterocycles. The Morgan fingerprint density at radius 3 is 2.52 bits per heavy atom. The van der Waals surface area contributed by atoms with Crippen LogP contribution in [-0.4, -0.2) is 43.0 Å². The number of carbonyl (C=O) groups is 3. The molecule has 33 heavy (non-hydrogen) atoms. The molecule has 3 rings (SSSR count). The third-order valence-electron chi connectivity index (χ3n) is 5.10. The summed E-state index contributed by atoms with van der Waals surface area (Å²) in [6.07, 6.45) is -0.00835. The number of benzene rings is 2. The van der Waals surface area contributed by atoms with Crippen molar-refractivity contribution in [1.29, 1.82) is 0 Å². The molecule has 0 spiro atoms. The van der Waals surface area contributed by atoms with Crippen LogP contribution in [0.3, 0.4) is 0 Å². The van der Waals surface area contributed by atoms with Crippen LogP contribution in [0.25, 0.3) is 0 Å². The Labute approximate surface area is 190 Å². The van der Waals surface area contributed by atoms with Crippen LogP contribution >= 0.6 is 0 Å². The highest BCUT2D eigenvalue weighted by atomic mass is 16.6. The van der Waals surface area contributed by atoms with Gasteiger partial charge in [0, 0.05) is 24.7 Å². The number of hydrogen-bond donors (Lipinski definition) is 1. The van der Waals surface area contributed by atoms with Gasteiger partial charge in [-0.25, -0.2) is 4.79 Å². The Morgan fingerprint density at radius 1 is 1.21 bits per heavy atom. The summed E-state index contributed by atoms with van der Waals surface area (Å²) >= 11 is 0. The molecule has 1 atom stereocenters. The van der Waals surface area contributed by atoms with E-state index in [9.17, 15) is 24.5 Å². The van der Waals surface area contributed by atoms with Gasteiger partial charge in [-0.15, -0.1) is 0 Å². The van der Waals surface area contributed by atoms with E-state index >= 15 is 0 Å². The van der Waals surface area contributed by atoms with E-state index in [1.165, 1.54) is 30.2 Å². The minimum Gasteiger partial charge on any atom is -0.494 e. The first-order chi connectivity index (χ1) is 15.7. The van der Waals surface area contributed by atoms with Crippen molar-refractivity contribution in [2.24, 2.45) is 11.8 Å². The molecule has 0 bridgehead atoms. The molecule has 2 amide bonds. The smallest absolute Gasteiger partial charge is 0.338 e. The Hall–Kier alpha value is -3.95. The SMILES string of the molecule is COc1cc([N+](=O)[O-])ccc1N1C[C@@H](C(=O)Nc2ccc(C(=O)OCC(C)C)cc2)CC1=O. The third kappa shape index (κ3) is 5.65. The number of methoxy groups -OCH3 is 1. The fourth-order valence-corrected chi connectivity index (χ4v) is 3.38. The second kappa shape index (κ2) is 10.1. The quantitative estimate of drug-likeness (QED) is 0.367. The molecule has 2 aromatic rings. The molecule has 0 unspecified atom stereocenters. The van der Waals surface area contributed by atoms with Gasteiger partial charge in [0.1, 0.15) is 5.75 Å². The lowest BCUT2D eigenvalue weighted by atomic mass is 10.1. The Morgan fingerprint density at radius 2 is 1.91 bits per heavy atom. The predicted molar refractivity (Wildman–Crippen MR) is 120 cm³/mol. The first-order valence-electron chi connectivity index (χ1n) is 10.4. The summed E-state index contributed by atoms with van der Waals surface area (Å²) in [6.45, 7) is 4.32. The highest BCUT2D eigenvalue weighted by molar-refractivity contribution is 6.04. The molecule has 1 N–H and O–H groups in total. The summed E-state index contributed by atoms with van der Waals surface area (Å²) in [5.41, 5.74) is 1.07. The van der Waals surface area contributed by atoms with Crippen molar-refractivity contribution in [3.8, 4) is 5.75 Å². The number of esters is 1. The first-order valence-corrected chi connectivity index (χ1v) is 10.4. The number of nitro groups is 1. The Kier molecular flexibility index (Phi) is 7.27. The van der Waals surface area contributed by atoms with Gasteiger partial charge in [-0.2, -0.15) is 0 Å². The summed E-state index contributed by atoms with van der Waals surface area (Å²) in [5.74, 6) is -1.28. The van der Waals surface area contributed by atoms with Crippen LogP contribution in [-0.2, 0) is 14.3 Å². The largest absolute Gasteiger partial charge is 0.494 e. The number of nitrogens with one attached hydrogen (secondary N) is 1. The molecule has 10 nitrogen and oxygen atoms in total. The Bertz CT molecular complexity index is 1070. The number of anilines is 2. The van der Waals surface area contributed by atoms with Gasteiger partial charge in [0.15, 0.2) is 0 Å². The van der Waals surface area contributed by atoms with Crippen LogP contribution < -0.4 is 15.0 Å². The summed E-state index contributed by atoms with van der Waals surface area (Å²) in [4.78, 5) is 49.1. The van der Waals surface area contributed by atoms with Gasteiger partial charge in [0.2, 0.25) is 11.8 Å². The molecule has 1 heterocycles. The lowest BCUT2D eigenvalue weighted by Crippen LogP contribution is -2.28. The van der Waals surface area contributed by atoms with E-state index in [1.807, 2.05) is 13.8 Å². The highest BCUT2D eigenvalue weighted by Crippen LogP contribution is 2.36. The van der Waals surface area contributed by atoms with Gasteiger partial charge in [-0.05, 0) is 36.2 Å². The minimum atomic E-state index is -0.618. The number of nitro benzene ring substituents is 1. The van der Waals surface area contributed by atoms with Gasteiger partial charge in [0.05, 0.1) is 41.9 Å². The highest BCUT2D eigenvalue weighted by Gasteiger charge is 2.36. The third-order valence-corrected chi connectivity index (χ3v) is 5.10. The van der Waals surface area contributed by atoms with Gasteiger partial charge in [0.25, 0.3) is 5.69 Å². The lowest BCUT2D eigenvalue weighted by Gasteiger charge is -2.19. The second-order valence-corrected chi connectivity index (χ2v) is 8.08. The number of nitrogens with zero attached hydrogens (tertiary/aromatic N) is 2. The second-order valence-electron chi connectivity index (χ2n) is 8.08. The molecule has 1 aliphatic rings. The van der Waals surface area contributed by atoms with E-state index in [4.69, 9.17) is 9.47 Å². The van der Waals surface area contributed by atoms with Crippen molar-refractivity contribution >= 4 is 34.8 Å². The number of non-ortho nitro benzene ring substituents is 1. The maximum atomic E-state index is 12.7. The summed E-state index contributed by atoms with van der Waals surface area (Å²) in [7, 11) is 1.36. The van der Waals surface area contributed by atoms with Crippen molar-refractivity contribution in [2.45, 2.75) is 20.3 Å². The fourth-order valence-electron chi connectivity index (χ4n) is 3.38. The lowest BCUT2D eigenvalue weighted by molar-refractivity contribution is -0.384. The van der Waals surface area contributed by atoms with E-state index in [0.29, 0.717) is 23.5 Å². The maximum absolute atomic E-state index is 12.7. The number of ether oxygens (including phenoxy) is 2. The monoisotopic (exact) mass is 455 g/mol. The molecular weight excluding hydrogens is 430 g/mol. The maximum Gasteiger partial charge on any atom is 0.338 e. The van der Waals surface area contributed by atoms with Gasteiger partial charge >= 0.3 is 5.97 Å². The normalized spacial score (nSPS) is 15.5. The summed E-state index contributed by atoms with van der Waals surface area (Å²) in [5, 5.41) is 13.7. The Balaban J connectivity index is 1.65. The molecule has 174 valence electrons. The van der Waals surface area contributed by atoms with Gasteiger partial charge in [-0.3, -0.25) is 19.7 Å². The number of rotatable bonds is 8. The van der Waals surface area contributed by atoms with Gasteiger partial charge < -0.3 is 19.7 Å². The fraction of sp³-hybridized carbons (Fsp3) is 0.348. The van der Waals surface area contributed by atoms with Crippen molar-refractivity contribution < 1.29 is 28.8 Å². The number of hydrogen-bond acceptors (Lipinski definition) is 7. The zero-order valence-electron chi connectivity index (χ0n) is 18.6. The first kappa shape index (κ1) is 23.7. The average molecular weight is 455 g/mol. The van der Waals surface area contributed by atoms with E-state index in [1.54, 1.807) is 24.3 Å². The molecule has 1 fully saturated rings. The zero-order chi connectivity index (χ0) is 24.1. The van der Waals surface area contributed by atoms with Crippen molar-refractivity contribution in [3.63, 3.8) is 0 Å². The van der Waals surface area contributed by atoms with Crippen molar-refractivity contribution in [3.05, 3.63) is 58.1 Å². The average Bonchev–Trinajstić information content (AvgIpc) is 3.18. The molecule has 10 heteroatoms. The minimum absolute atomic E-state index is 0.00835. The van der Waals surface area contributed by atoms with E-state index in [0.717, 1.165) is 0 Å². The molecule has 0 saturated carbocycles. The van der Waals surface area contributed by atoms with E-state index in [2.05, 4.69) is 5.32 Å². The number of carbonyl (C=O) groups excluding carboxylic acids is 3. The van der Waals surface area contributed by atoms with Crippen LogP contribution in [0.4, 0.5) is 17.1 Å². The van der Waals surface area contributed by atoms with E-state index < -0.39 is 16.8 Å². The van der Waals surface area contributed by atoms with Gasteiger partial charge in [-0.1, -0.05) is 13.8 Å². The van der Waals surface area contributed by atoms with Crippen molar-refractivity contribution in [2.75, 3.05) is 30.5 Å². The van der Waals surface area contributed by atoms with E-state index in [-0.39, 0.29) is 42.1 Å². The molecule has 2 aromatic carbocycles.